The zero-order valence-electron chi connectivity index (χ0n) is 31.9. The Hall–Kier alpha value is -1.18. The van der Waals surface area contributed by atoms with Crippen molar-refractivity contribution in [1.82, 2.24) is 0 Å². The smallest absolute Gasteiger partial charge is 0.311 e. The van der Waals surface area contributed by atoms with Gasteiger partial charge in [-0.2, -0.15) is 0 Å². The topological polar surface area (TPSA) is 183 Å². The number of hydrogen-bond acceptors (Lipinski definition) is 10. The summed E-state index contributed by atoms with van der Waals surface area (Å²) in [4.78, 5) is 26.4. The van der Waals surface area contributed by atoms with Crippen LogP contribution in [-0.4, -0.2) is 95.7 Å². The fourth-order valence-electron chi connectivity index (χ4n) is 9.82. The number of Topliss-reactive ketones (excluding diaryl/α,β-unsaturated/α-hetero) is 1. The highest BCUT2D eigenvalue weighted by atomic mass is 16.7. The minimum atomic E-state index is -2.16. The largest absolute Gasteiger partial charge is 0.481 e. The Morgan fingerprint density at radius 1 is 0.918 bits per heavy atom. The summed E-state index contributed by atoms with van der Waals surface area (Å²) in [6.45, 7) is 20.0. The predicted molar refractivity (Wildman–Crippen MR) is 184 cm³/mol. The number of carboxylic acids is 1. The van der Waals surface area contributed by atoms with Gasteiger partial charge in [0.1, 0.15) is 17.3 Å². The molecule has 0 amide bonds. The Morgan fingerprint density at radius 3 is 2.02 bits per heavy atom. The maximum atomic E-state index is 14.3. The summed E-state index contributed by atoms with van der Waals surface area (Å²) < 4.78 is 19.4. The van der Waals surface area contributed by atoms with E-state index < -0.39 is 94.8 Å². The Morgan fingerprint density at radius 2 is 1.53 bits per heavy atom. The van der Waals surface area contributed by atoms with Crippen LogP contribution in [0.4, 0.5) is 0 Å². The molecule has 0 saturated carbocycles. The van der Waals surface area contributed by atoms with Crippen molar-refractivity contribution in [3.8, 4) is 0 Å². The number of carboxylic acid groups (broad SMARTS) is 1. The zero-order valence-corrected chi connectivity index (χ0v) is 31.9. The van der Waals surface area contributed by atoms with Gasteiger partial charge in [0.2, 0.25) is 0 Å². The SMILES string of the molecule is CCCC(O)[C@@]1(CC)C[C@@H](C)[C@](O)([C@]2(C)C[C@H](C)[C@@H]([C@@H](CC)C(=O)[C@@H](C)[C@@H](O)[C@H](C)[C@H]3O[C@@](O)([C@H](CC)C(=O)O)[C@@H](C)[C@H](O)[C@@H]3CC)O2)O1. The van der Waals surface area contributed by atoms with Crippen LogP contribution in [0, 0.1) is 47.3 Å². The molecular weight excluding hydrogens is 632 g/mol. The average Bonchev–Trinajstić information content (AvgIpc) is 3.52. The number of aliphatic carboxylic acids is 1. The molecule has 0 aliphatic carbocycles. The zero-order chi connectivity index (χ0) is 37.4. The lowest BCUT2D eigenvalue weighted by atomic mass is 9.69. The van der Waals surface area contributed by atoms with Crippen LogP contribution in [0.25, 0.3) is 0 Å². The number of rotatable bonds is 16. The van der Waals surface area contributed by atoms with Gasteiger partial charge in [-0.25, -0.2) is 0 Å². The molecule has 0 radical (unpaired) electrons. The summed E-state index contributed by atoms with van der Waals surface area (Å²) in [5.74, 6) is -10.7. The summed E-state index contributed by atoms with van der Waals surface area (Å²) in [6, 6.07) is 0. The highest BCUT2D eigenvalue weighted by Crippen LogP contribution is 2.56. The third-order valence-corrected chi connectivity index (χ3v) is 13.1. The van der Waals surface area contributed by atoms with Crippen LogP contribution in [0.15, 0.2) is 0 Å². The predicted octanol–water partition coefficient (Wildman–Crippen LogP) is 4.67. The molecule has 3 rings (SSSR count). The summed E-state index contributed by atoms with van der Waals surface area (Å²) in [5, 5.41) is 67.8. The van der Waals surface area contributed by atoms with Gasteiger partial charge in [-0.15, -0.1) is 0 Å². The van der Waals surface area contributed by atoms with Crippen LogP contribution in [-0.2, 0) is 23.8 Å². The number of hydrogen-bond donors (Lipinski definition) is 6. The number of carbonyl (C=O) groups is 2. The Bertz CT molecular complexity index is 1130. The molecule has 3 saturated heterocycles. The Kier molecular flexibility index (Phi) is 13.6. The first-order chi connectivity index (χ1) is 22.7. The van der Waals surface area contributed by atoms with Crippen molar-refractivity contribution in [3.63, 3.8) is 0 Å². The molecule has 3 heterocycles. The Balaban J connectivity index is 1.85. The van der Waals surface area contributed by atoms with Gasteiger partial charge in [-0.1, -0.05) is 75.7 Å². The molecule has 6 N–H and O–H groups in total. The van der Waals surface area contributed by atoms with Crippen LogP contribution in [0.2, 0.25) is 0 Å². The van der Waals surface area contributed by atoms with Gasteiger partial charge in [0.25, 0.3) is 0 Å². The molecule has 0 aromatic carbocycles. The second-order valence-corrected chi connectivity index (χ2v) is 16.2. The standard InChI is InChI=1S/C38H68O11/c1-12-17-28(39)36(16-5)19-21(7)38(46,49-36)35(11)18-20(6)32(47-35)25(13-2)30(41)22(8)29(40)23(9)33-26(14-3)31(42)24(10)37(45,48-33)27(15-4)34(43)44/h20-29,31-33,39-40,42,45-46H,12-19H2,1-11H3,(H,43,44)/t20-,21+,22-,23-,24-,25-,26-,27+,28?,29+,31-,32-,33+,35-,36+,37+,38+/m0/s1. The van der Waals surface area contributed by atoms with E-state index in [4.69, 9.17) is 14.2 Å². The molecule has 3 aliphatic rings. The van der Waals surface area contributed by atoms with Gasteiger partial charge < -0.3 is 44.8 Å². The van der Waals surface area contributed by atoms with Gasteiger partial charge >= 0.3 is 5.97 Å². The van der Waals surface area contributed by atoms with Crippen molar-refractivity contribution in [2.75, 3.05) is 0 Å². The number of carbonyl (C=O) groups excluding carboxylic acids is 1. The summed E-state index contributed by atoms with van der Waals surface area (Å²) in [6.07, 6.45) is -0.779. The highest BCUT2D eigenvalue weighted by Gasteiger charge is 2.67. The van der Waals surface area contributed by atoms with Gasteiger partial charge in [0, 0.05) is 35.5 Å². The van der Waals surface area contributed by atoms with Gasteiger partial charge in [0.15, 0.2) is 11.6 Å². The number of aliphatic hydroxyl groups excluding tert-OH is 3. The van der Waals surface area contributed by atoms with Gasteiger partial charge in [0.05, 0.1) is 36.1 Å². The van der Waals surface area contributed by atoms with Crippen LogP contribution < -0.4 is 0 Å². The molecule has 0 bridgehead atoms. The van der Waals surface area contributed by atoms with Crippen molar-refractivity contribution in [2.24, 2.45) is 47.3 Å². The molecule has 286 valence electrons. The third-order valence-electron chi connectivity index (χ3n) is 13.1. The molecule has 11 heteroatoms. The maximum absolute atomic E-state index is 14.3. The number of ether oxygens (including phenoxy) is 3. The van der Waals surface area contributed by atoms with Crippen molar-refractivity contribution < 1.29 is 54.4 Å². The first-order valence-corrected chi connectivity index (χ1v) is 19.0. The molecule has 0 aromatic rings. The van der Waals surface area contributed by atoms with E-state index in [2.05, 4.69) is 0 Å². The summed E-state index contributed by atoms with van der Waals surface area (Å²) in [7, 11) is 0. The van der Waals surface area contributed by atoms with E-state index in [1.165, 1.54) is 0 Å². The van der Waals surface area contributed by atoms with Crippen molar-refractivity contribution >= 4 is 11.8 Å². The van der Waals surface area contributed by atoms with Crippen molar-refractivity contribution in [3.05, 3.63) is 0 Å². The van der Waals surface area contributed by atoms with Gasteiger partial charge in [-0.05, 0) is 57.8 Å². The second kappa shape index (κ2) is 15.8. The van der Waals surface area contributed by atoms with E-state index in [0.717, 1.165) is 6.42 Å². The van der Waals surface area contributed by atoms with Crippen molar-refractivity contribution in [1.29, 1.82) is 0 Å². The first kappa shape index (κ1) is 42.2. The Labute approximate surface area is 294 Å². The second-order valence-electron chi connectivity index (χ2n) is 16.2. The minimum Gasteiger partial charge on any atom is -0.481 e. The molecule has 1 unspecified atom stereocenters. The molecule has 0 spiro atoms. The molecule has 11 nitrogen and oxygen atoms in total. The molecule has 17 atom stereocenters. The van der Waals surface area contributed by atoms with Crippen LogP contribution in [0.5, 0.6) is 0 Å². The molecule has 3 aliphatic heterocycles. The van der Waals surface area contributed by atoms with Gasteiger partial charge in [-0.3, -0.25) is 9.59 Å². The van der Waals surface area contributed by atoms with E-state index in [9.17, 15) is 40.2 Å². The van der Waals surface area contributed by atoms with E-state index in [0.29, 0.717) is 38.5 Å². The van der Waals surface area contributed by atoms with Crippen LogP contribution in [0.1, 0.15) is 128 Å². The first-order valence-electron chi connectivity index (χ1n) is 19.0. The monoisotopic (exact) mass is 700 g/mol. The van der Waals surface area contributed by atoms with E-state index in [1.807, 2.05) is 48.5 Å². The minimum absolute atomic E-state index is 0.0760. The highest BCUT2D eigenvalue weighted by molar-refractivity contribution is 5.84. The lowest BCUT2D eigenvalue weighted by Crippen LogP contribution is -2.64. The molecule has 49 heavy (non-hydrogen) atoms. The quantitative estimate of drug-likeness (QED) is 0.132. The fourth-order valence-corrected chi connectivity index (χ4v) is 9.82. The van der Waals surface area contributed by atoms with E-state index in [-0.39, 0.29) is 24.0 Å². The summed E-state index contributed by atoms with van der Waals surface area (Å²) >= 11 is 0. The number of ketones is 1. The van der Waals surface area contributed by atoms with Crippen molar-refractivity contribution in [2.45, 2.75) is 181 Å². The van der Waals surface area contributed by atoms with E-state index >= 15 is 0 Å². The molecule has 3 fully saturated rings. The number of aliphatic hydroxyl groups is 5. The lowest BCUT2D eigenvalue weighted by molar-refractivity contribution is -0.348. The fraction of sp³-hybridized carbons (Fsp3) is 0.947. The normalized spacial score (nSPS) is 43.5. The van der Waals surface area contributed by atoms with E-state index in [1.54, 1.807) is 27.7 Å². The average molecular weight is 701 g/mol. The molecular formula is C38H68O11. The summed E-state index contributed by atoms with van der Waals surface area (Å²) in [5.41, 5.74) is -2.05. The third kappa shape index (κ3) is 7.26. The lowest BCUT2D eigenvalue weighted by Gasteiger charge is -2.52. The maximum Gasteiger partial charge on any atom is 0.311 e. The van der Waals surface area contributed by atoms with Crippen LogP contribution >= 0.6 is 0 Å². The molecule has 0 aromatic heterocycles. The van der Waals surface area contributed by atoms with Crippen LogP contribution in [0.3, 0.4) is 0 Å².